The Morgan fingerprint density at radius 2 is 1.64 bits per heavy atom. The molecule has 0 saturated heterocycles. The van der Waals surface area contributed by atoms with Gasteiger partial charge in [-0.2, -0.15) is 0 Å². The maximum absolute atomic E-state index is 12.7. The van der Waals surface area contributed by atoms with E-state index in [1.807, 2.05) is 0 Å². The fourth-order valence-electron chi connectivity index (χ4n) is 9.90. The molecule has 0 aromatic heterocycles. The molecule has 33 heavy (non-hydrogen) atoms. The highest BCUT2D eigenvalue weighted by Crippen LogP contribution is 2.74. The molecule has 184 valence electrons. The molecule has 0 aliphatic heterocycles. The molecular weight excluding hydrogens is 412 g/mol. The van der Waals surface area contributed by atoms with Crippen molar-refractivity contribution in [2.24, 2.45) is 44.8 Å². The van der Waals surface area contributed by atoms with E-state index in [2.05, 4.69) is 47.3 Å². The minimum atomic E-state index is -0.812. The van der Waals surface area contributed by atoms with Crippen LogP contribution in [0.25, 0.3) is 0 Å². The summed E-state index contributed by atoms with van der Waals surface area (Å²) in [6.07, 6.45) is 8.96. The molecule has 4 saturated carbocycles. The zero-order valence-corrected chi connectivity index (χ0v) is 21.3. The van der Waals surface area contributed by atoms with Crippen LogP contribution >= 0.6 is 0 Å². The zero-order valence-electron chi connectivity index (χ0n) is 21.3. The number of aliphatic hydroxyl groups is 2. The van der Waals surface area contributed by atoms with Gasteiger partial charge in [0.05, 0.1) is 11.5 Å². The van der Waals surface area contributed by atoms with Crippen molar-refractivity contribution in [3.05, 3.63) is 23.8 Å². The summed E-state index contributed by atoms with van der Waals surface area (Å²) >= 11 is 0. The molecule has 0 radical (unpaired) electrons. The average molecular weight is 457 g/mol. The summed E-state index contributed by atoms with van der Waals surface area (Å²) in [6, 6.07) is 0. The second kappa shape index (κ2) is 6.97. The van der Waals surface area contributed by atoms with E-state index in [-0.39, 0.29) is 33.5 Å². The Kier molecular flexibility index (Phi) is 4.98. The lowest BCUT2D eigenvalue weighted by atomic mass is 9.34. The van der Waals surface area contributed by atoms with Gasteiger partial charge in [-0.05, 0) is 103 Å². The standard InChI is InChI=1S/C29H44O4/c1-17-18-9-10-28(6)22(26(18,4)16-21(30)23(17)31)8-7-19-20-15-25(2,3)11-13-29(20,24(32)33)14-12-27(19,28)5/h7,18,20-23,30-31H,1,8-16H2,2-6H3,(H,32,33)/t18?,20-,21-,22-,23+,26+,27-,28-,29+/m1/s1. The van der Waals surface area contributed by atoms with Crippen LogP contribution in [0.3, 0.4) is 0 Å². The Bertz CT molecular complexity index is 919. The third-order valence-electron chi connectivity index (χ3n) is 12.2. The summed E-state index contributed by atoms with van der Waals surface area (Å²) in [4.78, 5) is 12.7. The van der Waals surface area contributed by atoms with Gasteiger partial charge in [-0.25, -0.2) is 0 Å². The van der Waals surface area contributed by atoms with Crippen LogP contribution in [-0.2, 0) is 4.79 Å². The normalized spacial score (nSPS) is 53.1. The van der Waals surface area contributed by atoms with E-state index >= 15 is 0 Å². The fourth-order valence-corrected chi connectivity index (χ4v) is 9.90. The molecule has 5 aliphatic carbocycles. The highest BCUT2D eigenvalue weighted by molar-refractivity contribution is 5.76. The van der Waals surface area contributed by atoms with Crippen LogP contribution in [0.15, 0.2) is 23.8 Å². The summed E-state index contributed by atoms with van der Waals surface area (Å²) in [5.74, 6) is 0.164. The molecule has 0 amide bonds. The second-order valence-electron chi connectivity index (χ2n) is 14.0. The quantitative estimate of drug-likeness (QED) is 0.440. The van der Waals surface area contributed by atoms with Gasteiger partial charge in [-0.3, -0.25) is 4.79 Å². The predicted octanol–water partition coefficient (Wildman–Crippen LogP) is 5.73. The van der Waals surface area contributed by atoms with E-state index < -0.39 is 23.6 Å². The molecule has 5 rings (SSSR count). The van der Waals surface area contributed by atoms with Gasteiger partial charge in [0.15, 0.2) is 0 Å². The van der Waals surface area contributed by atoms with Crippen molar-refractivity contribution in [3.63, 3.8) is 0 Å². The van der Waals surface area contributed by atoms with Gasteiger partial charge in [-0.1, -0.05) is 52.8 Å². The van der Waals surface area contributed by atoms with Gasteiger partial charge >= 0.3 is 5.97 Å². The summed E-state index contributed by atoms with van der Waals surface area (Å²) in [5, 5.41) is 31.7. The summed E-state index contributed by atoms with van der Waals surface area (Å²) in [7, 11) is 0. The largest absolute Gasteiger partial charge is 0.481 e. The molecule has 1 unspecified atom stereocenters. The molecule has 4 fully saturated rings. The number of rotatable bonds is 1. The Hall–Kier alpha value is -1.13. The SMILES string of the molecule is C=C1C2CC[C@]3(C)[C@H](CC=C4[C@H]5CC(C)(C)CC[C@]5(C(=O)O)CC[C@]43C)[C@@]2(C)C[C@@H](O)[C@H]1O. The summed E-state index contributed by atoms with van der Waals surface area (Å²) in [6.45, 7) is 16.1. The number of carbonyl (C=O) groups is 1. The number of carboxylic acids is 1. The third-order valence-corrected chi connectivity index (χ3v) is 12.2. The van der Waals surface area contributed by atoms with Crippen molar-refractivity contribution in [2.75, 3.05) is 0 Å². The summed E-state index contributed by atoms with van der Waals surface area (Å²) < 4.78 is 0. The number of aliphatic hydroxyl groups excluding tert-OH is 2. The Morgan fingerprint density at radius 3 is 2.30 bits per heavy atom. The van der Waals surface area contributed by atoms with Gasteiger partial charge in [0.25, 0.3) is 0 Å². The smallest absolute Gasteiger partial charge is 0.310 e. The van der Waals surface area contributed by atoms with Gasteiger partial charge in [0.2, 0.25) is 0 Å². The van der Waals surface area contributed by atoms with E-state index in [0.717, 1.165) is 56.9 Å². The van der Waals surface area contributed by atoms with Crippen LogP contribution in [-0.4, -0.2) is 33.5 Å². The molecule has 0 heterocycles. The number of carboxylic acid groups (broad SMARTS) is 1. The van der Waals surface area contributed by atoms with Crippen molar-refractivity contribution in [1.82, 2.24) is 0 Å². The molecule has 0 bridgehead atoms. The fraction of sp³-hybridized carbons (Fsp3) is 0.828. The van der Waals surface area contributed by atoms with E-state index in [0.29, 0.717) is 12.3 Å². The van der Waals surface area contributed by atoms with Gasteiger partial charge < -0.3 is 15.3 Å². The van der Waals surface area contributed by atoms with Crippen molar-refractivity contribution < 1.29 is 20.1 Å². The topological polar surface area (TPSA) is 77.8 Å². The van der Waals surface area contributed by atoms with E-state index in [1.54, 1.807) is 0 Å². The second-order valence-corrected chi connectivity index (χ2v) is 14.0. The summed E-state index contributed by atoms with van der Waals surface area (Å²) in [5.41, 5.74) is 1.75. The van der Waals surface area contributed by atoms with Crippen LogP contribution in [0.2, 0.25) is 0 Å². The Morgan fingerprint density at radius 1 is 0.970 bits per heavy atom. The molecule has 4 nitrogen and oxygen atoms in total. The first kappa shape index (κ1) is 23.6. The van der Waals surface area contributed by atoms with Crippen molar-refractivity contribution in [2.45, 2.75) is 105 Å². The molecule has 0 aromatic rings. The van der Waals surface area contributed by atoms with Crippen LogP contribution in [0.5, 0.6) is 0 Å². The van der Waals surface area contributed by atoms with E-state index in [9.17, 15) is 20.1 Å². The van der Waals surface area contributed by atoms with Gasteiger partial charge in [-0.15, -0.1) is 0 Å². The first-order valence-corrected chi connectivity index (χ1v) is 13.2. The van der Waals surface area contributed by atoms with E-state index in [1.165, 1.54) is 5.57 Å². The molecule has 3 N–H and O–H groups in total. The van der Waals surface area contributed by atoms with Gasteiger partial charge in [0, 0.05) is 0 Å². The number of fused-ring (bicyclic) bond motifs is 7. The van der Waals surface area contributed by atoms with Crippen molar-refractivity contribution in [3.8, 4) is 0 Å². The van der Waals surface area contributed by atoms with Gasteiger partial charge in [0.1, 0.15) is 6.10 Å². The van der Waals surface area contributed by atoms with Crippen LogP contribution in [0.1, 0.15) is 92.4 Å². The maximum Gasteiger partial charge on any atom is 0.310 e. The lowest BCUT2D eigenvalue weighted by molar-refractivity contribution is -0.180. The van der Waals surface area contributed by atoms with Crippen LogP contribution in [0, 0.1) is 44.8 Å². The molecule has 5 aliphatic rings. The van der Waals surface area contributed by atoms with E-state index in [4.69, 9.17) is 0 Å². The van der Waals surface area contributed by atoms with Crippen molar-refractivity contribution >= 4 is 5.97 Å². The Balaban J connectivity index is 1.60. The molecule has 0 spiro atoms. The molecular formula is C29H44O4. The minimum absolute atomic E-state index is 0.0245. The highest BCUT2D eigenvalue weighted by atomic mass is 16.4. The minimum Gasteiger partial charge on any atom is -0.481 e. The molecule has 0 aromatic carbocycles. The highest BCUT2D eigenvalue weighted by Gasteiger charge is 2.68. The average Bonchev–Trinajstić information content (AvgIpc) is 2.72. The maximum atomic E-state index is 12.7. The zero-order chi connectivity index (χ0) is 24.2. The number of hydrogen-bond donors (Lipinski definition) is 3. The van der Waals surface area contributed by atoms with Crippen LogP contribution < -0.4 is 0 Å². The first-order chi connectivity index (χ1) is 15.2. The predicted molar refractivity (Wildman–Crippen MR) is 129 cm³/mol. The first-order valence-electron chi connectivity index (χ1n) is 13.2. The molecule has 4 heteroatoms. The Labute approximate surface area is 199 Å². The van der Waals surface area contributed by atoms with Crippen molar-refractivity contribution in [1.29, 1.82) is 0 Å². The molecule has 9 atom stereocenters. The number of hydrogen-bond acceptors (Lipinski definition) is 3. The number of allylic oxidation sites excluding steroid dienone is 2. The lowest BCUT2D eigenvalue weighted by Crippen LogP contribution is -2.64. The lowest BCUT2D eigenvalue weighted by Gasteiger charge is -2.69. The third kappa shape index (κ3) is 2.86. The monoisotopic (exact) mass is 456 g/mol. The van der Waals surface area contributed by atoms with Crippen LogP contribution in [0.4, 0.5) is 0 Å². The number of aliphatic carboxylic acids is 1.